The topological polar surface area (TPSA) is 66.4 Å². The van der Waals surface area contributed by atoms with E-state index in [-0.39, 0.29) is 11.5 Å². The second-order valence-electron chi connectivity index (χ2n) is 6.19. The number of benzene rings is 2. The maximum Gasteiger partial charge on any atom is 0.416 e. The lowest BCUT2D eigenvalue weighted by Crippen LogP contribution is -2.34. The summed E-state index contributed by atoms with van der Waals surface area (Å²) in [5.74, 6) is -0.535. The zero-order valence-electron chi connectivity index (χ0n) is 14.3. The van der Waals surface area contributed by atoms with Gasteiger partial charge in [0.25, 0.3) is 0 Å². The first kappa shape index (κ1) is 20.4. The summed E-state index contributed by atoms with van der Waals surface area (Å²) in [6.45, 7) is 3.10. The average molecular weight is 387 g/mol. The minimum atomic E-state index is -4.47. The van der Waals surface area contributed by atoms with E-state index < -0.39 is 33.7 Å². The molecule has 0 saturated heterocycles. The number of sulfonamides is 1. The van der Waals surface area contributed by atoms with Gasteiger partial charge in [-0.1, -0.05) is 36.8 Å². The predicted octanol–water partition coefficient (Wildman–Crippen LogP) is 3.66. The summed E-state index contributed by atoms with van der Waals surface area (Å²) in [5.41, 5.74) is 0.417. The largest absolute Gasteiger partial charge is 0.416 e. The highest BCUT2D eigenvalue weighted by Crippen LogP contribution is 2.31. The first-order valence-corrected chi connectivity index (χ1v) is 9.40. The maximum absolute atomic E-state index is 12.7. The zero-order chi connectivity index (χ0) is 19.5. The molecule has 0 aliphatic rings. The molecule has 2 aromatic rings. The molecule has 2 aromatic carbocycles. The van der Waals surface area contributed by atoms with Crippen molar-refractivity contribution in [1.29, 1.82) is 0 Å². The Morgan fingerprint density at radius 2 is 1.58 bits per heavy atom. The third kappa shape index (κ3) is 4.84. The van der Waals surface area contributed by atoms with E-state index in [0.717, 1.165) is 17.7 Å². The van der Waals surface area contributed by atoms with Crippen LogP contribution < -0.4 is 4.72 Å². The molecule has 0 amide bonds. The van der Waals surface area contributed by atoms with E-state index in [1.54, 1.807) is 19.1 Å². The summed E-state index contributed by atoms with van der Waals surface area (Å²) in [6, 6.07) is 9.56. The van der Waals surface area contributed by atoms with Crippen LogP contribution in [0.5, 0.6) is 0 Å². The van der Waals surface area contributed by atoms with E-state index in [0.29, 0.717) is 5.56 Å². The van der Waals surface area contributed by atoms with Gasteiger partial charge in [0.1, 0.15) is 0 Å². The standard InChI is InChI=1S/C18H20F3NO3S/c1-12-3-9-16(10-4-12)26(24,25)22-17(13(2)11-23)14-5-7-15(8-6-14)18(19,20)21/h3-10,13,17,22-23H,11H2,1-2H3/t13-,17-/m0/s1. The fourth-order valence-corrected chi connectivity index (χ4v) is 3.78. The molecule has 2 atom stereocenters. The predicted molar refractivity (Wildman–Crippen MR) is 91.9 cm³/mol. The molecule has 0 radical (unpaired) electrons. The van der Waals surface area contributed by atoms with Gasteiger partial charge in [-0.3, -0.25) is 0 Å². The van der Waals surface area contributed by atoms with E-state index in [4.69, 9.17) is 0 Å². The molecule has 8 heteroatoms. The Labute approximate surface area is 150 Å². The Bertz CT molecular complexity index is 831. The fraction of sp³-hybridized carbons (Fsp3) is 0.333. The van der Waals surface area contributed by atoms with Crippen LogP contribution in [0.2, 0.25) is 0 Å². The van der Waals surface area contributed by atoms with Crippen molar-refractivity contribution in [3.63, 3.8) is 0 Å². The van der Waals surface area contributed by atoms with Crippen molar-refractivity contribution in [2.45, 2.75) is 31.0 Å². The quantitative estimate of drug-likeness (QED) is 0.795. The van der Waals surface area contributed by atoms with Gasteiger partial charge in [-0.25, -0.2) is 13.1 Å². The van der Waals surface area contributed by atoms with Crippen LogP contribution >= 0.6 is 0 Å². The number of aryl methyl sites for hydroxylation is 1. The molecule has 4 nitrogen and oxygen atoms in total. The third-order valence-electron chi connectivity index (χ3n) is 4.07. The van der Waals surface area contributed by atoms with Crippen molar-refractivity contribution >= 4 is 10.0 Å². The van der Waals surface area contributed by atoms with Crippen molar-refractivity contribution in [3.8, 4) is 0 Å². The molecular weight excluding hydrogens is 367 g/mol. The number of halogens is 3. The number of nitrogens with one attached hydrogen (secondary N) is 1. The van der Waals surface area contributed by atoms with E-state index in [9.17, 15) is 26.7 Å². The van der Waals surface area contributed by atoms with Crippen LogP contribution in [0.3, 0.4) is 0 Å². The summed E-state index contributed by atoms with van der Waals surface area (Å²) in [7, 11) is -3.90. The minimum absolute atomic E-state index is 0.0464. The number of rotatable bonds is 6. The zero-order valence-corrected chi connectivity index (χ0v) is 15.1. The van der Waals surface area contributed by atoms with Gasteiger partial charge in [0, 0.05) is 6.61 Å². The highest BCUT2D eigenvalue weighted by molar-refractivity contribution is 7.89. The molecular formula is C18H20F3NO3S. The molecule has 0 bridgehead atoms. The molecule has 0 aliphatic carbocycles. The number of aliphatic hydroxyl groups is 1. The number of aliphatic hydroxyl groups excluding tert-OH is 1. The van der Waals surface area contributed by atoms with E-state index in [1.165, 1.54) is 24.3 Å². The van der Waals surface area contributed by atoms with Gasteiger partial charge < -0.3 is 5.11 Å². The number of hydrogen-bond acceptors (Lipinski definition) is 3. The van der Waals surface area contributed by atoms with Gasteiger partial charge >= 0.3 is 6.18 Å². The van der Waals surface area contributed by atoms with Crippen LogP contribution in [-0.2, 0) is 16.2 Å². The number of hydrogen-bond donors (Lipinski definition) is 2. The summed E-state index contributed by atoms with van der Waals surface area (Å²) in [5, 5.41) is 9.44. The van der Waals surface area contributed by atoms with Crippen molar-refractivity contribution in [3.05, 3.63) is 65.2 Å². The first-order valence-electron chi connectivity index (χ1n) is 7.91. The van der Waals surface area contributed by atoms with Gasteiger partial charge in [0.05, 0.1) is 16.5 Å². The second kappa shape index (κ2) is 7.77. The van der Waals surface area contributed by atoms with Crippen LogP contribution in [0.25, 0.3) is 0 Å². The minimum Gasteiger partial charge on any atom is -0.396 e. The molecule has 0 heterocycles. The normalized spacial score (nSPS) is 14.8. The highest BCUT2D eigenvalue weighted by atomic mass is 32.2. The van der Waals surface area contributed by atoms with E-state index in [1.807, 2.05) is 6.92 Å². The Balaban J connectivity index is 2.34. The van der Waals surface area contributed by atoms with Gasteiger partial charge in [-0.15, -0.1) is 0 Å². The Morgan fingerprint density at radius 1 is 1.04 bits per heavy atom. The molecule has 2 rings (SSSR count). The van der Waals surface area contributed by atoms with Gasteiger partial charge in [0.2, 0.25) is 10.0 Å². The molecule has 0 spiro atoms. The molecule has 0 saturated carbocycles. The van der Waals surface area contributed by atoms with Gasteiger partial charge in [-0.2, -0.15) is 13.2 Å². The van der Waals surface area contributed by atoms with Crippen molar-refractivity contribution in [2.24, 2.45) is 5.92 Å². The van der Waals surface area contributed by atoms with E-state index >= 15 is 0 Å². The van der Waals surface area contributed by atoms with Crippen molar-refractivity contribution in [2.75, 3.05) is 6.61 Å². The monoisotopic (exact) mass is 387 g/mol. The lowest BCUT2D eigenvalue weighted by atomic mass is 9.95. The van der Waals surface area contributed by atoms with Crippen LogP contribution in [0.15, 0.2) is 53.4 Å². The van der Waals surface area contributed by atoms with Crippen LogP contribution in [0.4, 0.5) is 13.2 Å². The van der Waals surface area contributed by atoms with Crippen LogP contribution in [0, 0.1) is 12.8 Å². The molecule has 142 valence electrons. The van der Waals surface area contributed by atoms with Crippen molar-refractivity contribution in [1.82, 2.24) is 4.72 Å². The van der Waals surface area contributed by atoms with Gasteiger partial charge in [0.15, 0.2) is 0 Å². The number of alkyl halides is 3. The second-order valence-corrected chi connectivity index (χ2v) is 7.91. The molecule has 0 aliphatic heterocycles. The lowest BCUT2D eigenvalue weighted by molar-refractivity contribution is -0.137. The molecule has 0 fully saturated rings. The average Bonchev–Trinajstić information content (AvgIpc) is 2.59. The summed E-state index contributed by atoms with van der Waals surface area (Å²) < 4.78 is 65.8. The fourth-order valence-electron chi connectivity index (χ4n) is 2.45. The summed E-state index contributed by atoms with van der Waals surface area (Å²) >= 11 is 0. The first-order chi connectivity index (χ1) is 12.0. The van der Waals surface area contributed by atoms with E-state index in [2.05, 4.69) is 4.72 Å². The van der Waals surface area contributed by atoms with Crippen LogP contribution in [-0.4, -0.2) is 20.1 Å². The summed E-state index contributed by atoms with van der Waals surface area (Å²) in [4.78, 5) is 0.0464. The van der Waals surface area contributed by atoms with Crippen molar-refractivity contribution < 1.29 is 26.7 Å². The molecule has 0 aromatic heterocycles. The molecule has 0 unspecified atom stereocenters. The van der Waals surface area contributed by atoms with Gasteiger partial charge in [-0.05, 0) is 42.7 Å². The highest BCUT2D eigenvalue weighted by Gasteiger charge is 2.31. The Hall–Kier alpha value is -1.90. The maximum atomic E-state index is 12.7. The molecule has 2 N–H and O–H groups in total. The van der Waals surface area contributed by atoms with Crippen LogP contribution in [0.1, 0.15) is 29.7 Å². The SMILES string of the molecule is Cc1ccc(S(=O)(=O)N[C@H](c2ccc(C(F)(F)F)cc2)[C@@H](C)CO)cc1. The lowest BCUT2D eigenvalue weighted by Gasteiger charge is -2.24. The molecule has 26 heavy (non-hydrogen) atoms. The summed E-state index contributed by atoms with van der Waals surface area (Å²) in [6.07, 6.45) is -4.47. The third-order valence-corrected chi connectivity index (χ3v) is 5.52. The Morgan fingerprint density at radius 3 is 2.04 bits per heavy atom. The smallest absolute Gasteiger partial charge is 0.396 e. The Kier molecular flexibility index (Phi) is 6.10.